The summed E-state index contributed by atoms with van der Waals surface area (Å²) in [5.41, 5.74) is 0. The van der Waals surface area contributed by atoms with Crippen LogP contribution in [-0.4, -0.2) is 13.2 Å². The number of rotatable bonds is 4. The lowest BCUT2D eigenvalue weighted by molar-refractivity contribution is -0.125. The van der Waals surface area contributed by atoms with Crippen molar-refractivity contribution in [1.29, 1.82) is 0 Å². The molecule has 0 aromatic rings. The van der Waals surface area contributed by atoms with Crippen LogP contribution in [0.3, 0.4) is 0 Å². The molecule has 0 aliphatic heterocycles. The Hall–Kier alpha value is 0.177. The van der Waals surface area contributed by atoms with E-state index in [0.29, 0.717) is 5.78 Å². The highest BCUT2D eigenvalue weighted by Crippen LogP contribution is 2.12. The standard InChI is InChI=1S/C9H18O.C3H9ClSi/c1-5-7(3)9(10)8(4)6-2;1-5(2,3)4/h7-8H,5-6H2,1-4H3;1-3H3. The first kappa shape index (κ1) is 17.6. The predicted octanol–water partition coefficient (Wildman–Crippen LogP) is 4.71. The highest BCUT2D eigenvalue weighted by Gasteiger charge is 2.15. The summed E-state index contributed by atoms with van der Waals surface area (Å²) in [7, 11) is -1.14. The highest BCUT2D eigenvalue weighted by molar-refractivity contribution is 7.18. The van der Waals surface area contributed by atoms with Crippen LogP contribution < -0.4 is 0 Å². The molecule has 0 rings (SSSR count). The maximum absolute atomic E-state index is 11.3. The van der Waals surface area contributed by atoms with Crippen molar-refractivity contribution in [3.63, 3.8) is 0 Å². The molecule has 0 aliphatic rings. The molecule has 1 nitrogen and oxygen atoms in total. The van der Waals surface area contributed by atoms with Gasteiger partial charge < -0.3 is 0 Å². The summed E-state index contributed by atoms with van der Waals surface area (Å²) in [6.07, 6.45) is 1.95. The number of halogens is 1. The van der Waals surface area contributed by atoms with E-state index in [4.69, 9.17) is 11.1 Å². The van der Waals surface area contributed by atoms with E-state index in [-0.39, 0.29) is 11.8 Å². The van der Waals surface area contributed by atoms with Crippen molar-refractivity contribution < 1.29 is 4.79 Å². The van der Waals surface area contributed by atoms with Crippen LogP contribution in [0.15, 0.2) is 0 Å². The molecular formula is C12H27ClOSi. The van der Waals surface area contributed by atoms with E-state index in [9.17, 15) is 4.79 Å². The quantitative estimate of drug-likeness (QED) is 0.522. The van der Waals surface area contributed by atoms with E-state index in [1.807, 2.05) is 13.8 Å². The van der Waals surface area contributed by atoms with Crippen molar-refractivity contribution in [2.75, 3.05) is 0 Å². The summed E-state index contributed by atoms with van der Waals surface area (Å²) in [5, 5.41) is 0. The van der Waals surface area contributed by atoms with Crippen molar-refractivity contribution in [3.05, 3.63) is 0 Å². The normalized spacial score (nSPS) is 14.9. The molecule has 2 unspecified atom stereocenters. The fourth-order valence-corrected chi connectivity index (χ4v) is 0.888. The van der Waals surface area contributed by atoms with Crippen LogP contribution in [0.4, 0.5) is 0 Å². The number of Topliss-reactive ketones (excluding diaryl/α,β-unsaturated/α-hetero) is 1. The van der Waals surface area contributed by atoms with Crippen LogP contribution >= 0.6 is 11.1 Å². The van der Waals surface area contributed by atoms with Crippen LogP contribution in [0.25, 0.3) is 0 Å². The summed E-state index contributed by atoms with van der Waals surface area (Å²) < 4.78 is 0. The lowest BCUT2D eigenvalue weighted by Gasteiger charge is -2.11. The molecule has 0 aromatic carbocycles. The molecule has 15 heavy (non-hydrogen) atoms. The van der Waals surface area contributed by atoms with E-state index in [0.717, 1.165) is 12.8 Å². The van der Waals surface area contributed by atoms with Gasteiger partial charge in [-0.05, 0) is 12.8 Å². The molecule has 0 spiro atoms. The van der Waals surface area contributed by atoms with E-state index < -0.39 is 7.38 Å². The second kappa shape index (κ2) is 8.34. The Kier molecular flexibility index (Phi) is 9.77. The zero-order chi connectivity index (χ0) is 12.6. The molecule has 0 saturated heterocycles. The summed E-state index contributed by atoms with van der Waals surface area (Å²) in [6.45, 7) is 14.4. The zero-order valence-corrected chi connectivity index (χ0v) is 13.1. The maximum atomic E-state index is 11.3. The molecule has 92 valence electrons. The van der Waals surface area contributed by atoms with Crippen LogP contribution in [0, 0.1) is 11.8 Å². The first-order valence-corrected chi connectivity index (χ1v) is 10.4. The smallest absolute Gasteiger partial charge is 0.147 e. The molecule has 0 N–H and O–H groups in total. The van der Waals surface area contributed by atoms with Crippen LogP contribution in [-0.2, 0) is 4.79 Å². The zero-order valence-electron chi connectivity index (χ0n) is 11.4. The maximum Gasteiger partial charge on any atom is 0.147 e. The Morgan fingerprint density at radius 1 is 1.07 bits per heavy atom. The van der Waals surface area contributed by atoms with E-state index >= 15 is 0 Å². The molecule has 0 radical (unpaired) electrons. The van der Waals surface area contributed by atoms with Crippen molar-refractivity contribution in [3.8, 4) is 0 Å². The fraction of sp³-hybridized carbons (Fsp3) is 0.917. The van der Waals surface area contributed by atoms with Gasteiger partial charge in [-0.2, -0.15) is 11.1 Å². The first-order chi connectivity index (χ1) is 6.63. The third-order valence-electron chi connectivity index (χ3n) is 2.20. The van der Waals surface area contributed by atoms with Gasteiger partial charge in [-0.3, -0.25) is 4.79 Å². The molecule has 2 atom stereocenters. The lowest BCUT2D eigenvalue weighted by atomic mass is 9.92. The van der Waals surface area contributed by atoms with E-state index in [1.165, 1.54) is 0 Å². The third kappa shape index (κ3) is 14.2. The Labute approximate surface area is 101 Å². The molecule has 0 amide bonds. The number of ketones is 1. The van der Waals surface area contributed by atoms with E-state index in [2.05, 4.69) is 33.5 Å². The Balaban J connectivity index is 0. The van der Waals surface area contributed by atoms with Gasteiger partial charge in [0.2, 0.25) is 0 Å². The Morgan fingerprint density at radius 3 is 1.40 bits per heavy atom. The van der Waals surface area contributed by atoms with Gasteiger partial charge in [-0.25, -0.2) is 0 Å². The van der Waals surface area contributed by atoms with Crippen molar-refractivity contribution in [2.24, 2.45) is 11.8 Å². The van der Waals surface area contributed by atoms with Crippen LogP contribution in [0.2, 0.25) is 19.6 Å². The SMILES string of the molecule is CCC(C)C(=O)C(C)CC.C[Si](C)(C)Cl. The molecule has 0 heterocycles. The van der Waals surface area contributed by atoms with Crippen molar-refractivity contribution in [1.82, 2.24) is 0 Å². The first-order valence-electron chi connectivity index (χ1n) is 5.86. The average Bonchev–Trinajstić information content (AvgIpc) is 2.11. The number of carbonyl (C=O) groups excluding carboxylic acids is 1. The molecule has 3 heteroatoms. The third-order valence-corrected chi connectivity index (χ3v) is 2.20. The summed E-state index contributed by atoms with van der Waals surface area (Å²) >= 11 is 5.67. The van der Waals surface area contributed by atoms with Gasteiger partial charge in [0.25, 0.3) is 0 Å². The molecular weight excluding hydrogens is 224 g/mol. The Morgan fingerprint density at radius 2 is 1.27 bits per heavy atom. The largest absolute Gasteiger partial charge is 0.299 e. The second-order valence-corrected chi connectivity index (χ2v) is 12.6. The number of hydrogen-bond acceptors (Lipinski definition) is 1. The fourth-order valence-electron chi connectivity index (χ4n) is 0.888. The van der Waals surface area contributed by atoms with Gasteiger partial charge >= 0.3 is 0 Å². The summed E-state index contributed by atoms with van der Waals surface area (Å²) in [6, 6.07) is 0. The summed E-state index contributed by atoms with van der Waals surface area (Å²) in [5.74, 6) is 0.940. The molecule has 0 aliphatic carbocycles. The minimum absolute atomic E-state index is 0.259. The van der Waals surface area contributed by atoms with Crippen molar-refractivity contribution >= 4 is 24.2 Å². The second-order valence-electron chi connectivity index (χ2n) is 5.09. The van der Waals surface area contributed by atoms with Crippen molar-refractivity contribution in [2.45, 2.75) is 60.2 Å². The van der Waals surface area contributed by atoms with E-state index in [1.54, 1.807) is 0 Å². The number of hydrogen-bond donors (Lipinski definition) is 0. The lowest BCUT2D eigenvalue weighted by Crippen LogP contribution is -2.17. The summed E-state index contributed by atoms with van der Waals surface area (Å²) in [4.78, 5) is 11.3. The Bertz CT molecular complexity index is 157. The number of carbonyl (C=O) groups is 1. The van der Waals surface area contributed by atoms with Crippen LogP contribution in [0.5, 0.6) is 0 Å². The minimum Gasteiger partial charge on any atom is -0.299 e. The van der Waals surface area contributed by atoms with Gasteiger partial charge in [-0.1, -0.05) is 47.3 Å². The molecule has 0 aromatic heterocycles. The van der Waals surface area contributed by atoms with Gasteiger partial charge in [0, 0.05) is 11.8 Å². The minimum atomic E-state index is -1.14. The van der Waals surface area contributed by atoms with Crippen LogP contribution in [0.1, 0.15) is 40.5 Å². The average molecular weight is 251 g/mol. The predicted molar refractivity (Wildman–Crippen MR) is 73.1 cm³/mol. The topological polar surface area (TPSA) is 17.1 Å². The van der Waals surface area contributed by atoms with Gasteiger partial charge in [0.15, 0.2) is 0 Å². The molecule has 0 saturated carbocycles. The molecule has 0 bridgehead atoms. The monoisotopic (exact) mass is 250 g/mol. The van der Waals surface area contributed by atoms with Gasteiger partial charge in [-0.15, -0.1) is 0 Å². The van der Waals surface area contributed by atoms with Gasteiger partial charge in [0.1, 0.15) is 13.2 Å². The molecule has 0 fully saturated rings. The van der Waals surface area contributed by atoms with Gasteiger partial charge in [0.05, 0.1) is 0 Å². The highest BCUT2D eigenvalue weighted by atomic mass is 35.6.